The van der Waals surface area contributed by atoms with Crippen molar-refractivity contribution in [2.45, 2.75) is 13.5 Å². The highest BCUT2D eigenvalue weighted by Gasteiger charge is 2.18. The molecule has 0 saturated carbocycles. The van der Waals surface area contributed by atoms with Crippen molar-refractivity contribution in [3.05, 3.63) is 52.5 Å². The van der Waals surface area contributed by atoms with Crippen molar-refractivity contribution in [1.82, 2.24) is 20.3 Å². The first-order valence-corrected chi connectivity index (χ1v) is 6.46. The Morgan fingerprint density at radius 2 is 2.50 bits per heavy atom. The highest BCUT2D eigenvalue weighted by molar-refractivity contribution is 5.80. The first-order chi connectivity index (χ1) is 10.6. The lowest BCUT2D eigenvalue weighted by Crippen LogP contribution is -2.33. The van der Waals surface area contributed by atoms with Crippen LogP contribution in [-0.4, -0.2) is 27.0 Å². The summed E-state index contributed by atoms with van der Waals surface area (Å²) in [6.07, 6.45) is 4.32. The third kappa shape index (κ3) is 2.77. The van der Waals surface area contributed by atoms with Crippen molar-refractivity contribution < 1.29 is 13.7 Å². The van der Waals surface area contributed by atoms with Crippen LogP contribution in [0, 0.1) is 6.92 Å². The molecule has 3 aromatic heterocycles. The topological polar surface area (TPSA) is 109 Å². The summed E-state index contributed by atoms with van der Waals surface area (Å²) in [4.78, 5) is 23.8. The molecule has 0 aliphatic heterocycles. The second-order valence-corrected chi connectivity index (χ2v) is 4.59. The van der Waals surface area contributed by atoms with Crippen molar-refractivity contribution in [2.75, 3.05) is 0 Å². The molecule has 0 fully saturated rings. The van der Waals surface area contributed by atoms with E-state index in [2.05, 4.69) is 20.7 Å². The van der Waals surface area contributed by atoms with Crippen LogP contribution in [0.4, 0.5) is 0 Å². The highest BCUT2D eigenvalue weighted by Crippen LogP contribution is 1.94. The van der Waals surface area contributed by atoms with Gasteiger partial charge in [-0.2, -0.15) is 5.10 Å². The number of nitrogens with zero attached hydrogens (tertiary/aromatic N) is 4. The monoisotopic (exact) mass is 301 g/mol. The fourth-order valence-corrected chi connectivity index (χ4v) is 1.98. The summed E-state index contributed by atoms with van der Waals surface area (Å²) in [5.74, 6) is 0.112. The number of hydrazone groups is 1. The molecular formula is C13H13N6O3+. The number of hydrogen-bond acceptors (Lipinski definition) is 5. The number of aryl methyl sites for hydroxylation is 1. The van der Waals surface area contributed by atoms with Gasteiger partial charge in [0.2, 0.25) is 0 Å². The number of furan rings is 1. The second-order valence-electron chi connectivity index (χ2n) is 4.59. The Morgan fingerprint density at radius 3 is 3.27 bits per heavy atom. The fraction of sp³-hybridized carbons (Fsp3) is 0.154. The van der Waals surface area contributed by atoms with E-state index in [4.69, 9.17) is 4.42 Å². The van der Waals surface area contributed by atoms with Crippen LogP contribution in [0.5, 0.6) is 0 Å². The molecule has 0 unspecified atom stereocenters. The lowest BCUT2D eigenvalue weighted by molar-refractivity contribution is -0.582. The van der Waals surface area contributed by atoms with Gasteiger partial charge in [-0.3, -0.25) is 9.59 Å². The smallest absolute Gasteiger partial charge is 0.331 e. The van der Waals surface area contributed by atoms with Gasteiger partial charge in [0.25, 0.3) is 17.7 Å². The molecule has 0 atom stereocenters. The van der Waals surface area contributed by atoms with E-state index >= 15 is 0 Å². The SMILES string of the molecule is Cc1cc(=O)c2n(CC(=O)NN=Cc3ccco3)nc[n+]2[nH]1. The molecule has 0 aromatic carbocycles. The average molecular weight is 301 g/mol. The molecular weight excluding hydrogens is 288 g/mol. The third-order valence-corrected chi connectivity index (χ3v) is 2.86. The van der Waals surface area contributed by atoms with E-state index in [9.17, 15) is 9.59 Å². The standard InChI is InChI=1S/C13H12N6O3/c1-9-5-11(20)13-18(15-8-19(13)17-9)7-12(21)16-14-6-10-3-2-4-22-10/h2-6,8H,7H2,1H3,(H-,16,17,20,21)/p+1. The first kappa shape index (κ1) is 13.7. The van der Waals surface area contributed by atoms with E-state index in [1.807, 2.05) is 0 Å². The van der Waals surface area contributed by atoms with Crippen LogP contribution in [-0.2, 0) is 11.3 Å². The van der Waals surface area contributed by atoms with E-state index in [-0.39, 0.29) is 17.6 Å². The van der Waals surface area contributed by atoms with E-state index < -0.39 is 5.91 Å². The molecule has 0 bridgehead atoms. The number of rotatable bonds is 4. The molecule has 0 spiro atoms. The van der Waals surface area contributed by atoms with Crippen molar-refractivity contribution in [1.29, 1.82) is 0 Å². The van der Waals surface area contributed by atoms with Crippen LogP contribution in [0.3, 0.4) is 0 Å². The minimum atomic E-state index is -0.409. The number of carbonyl (C=O) groups excluding carboxylic acids is 1. The number of aromatic amines is 1. The van der Waals surface area contributed by atoms with E-state index in [1.54, 1.807) is 19.1 Å². The zero-order valence-electron chi connectivity index (χ0n) is 11.7. The number of hydrogen-bond donors (Lipinski definition) is 2. The van der Waals surface area contributed by atoms with Crippen LogP contribution in [0.25, 0.3) is 5.65 Å². The number of nitrogens with one attached hydrogen (secondary N) is 2. The minimum absolute atomic E-state index is 0.127. The molecule has 1 amide bonds. The van der Waals surface area contributed by atoms with Crippen molar-refractivity contribution in [2.24, 2.45) is 5.10 Å². The molecule has 3 rings (SSSR count). The zero-order valence-corrected chi connectivity index (χ0v) is 11.7. The maximum absolute atomic E-state index is 12.0. The zero-order chi connectivity index (χ0) is 15.5. The third-order valence-electron chi connectivity index (χ3n) is 2.86. The Bertz CT molecular complexity index is 890. The molecule has 2 N–H and O–H groups in total. The highest BCUT2D eigenvalue weighted by atomic mass is 16.3. The molecule has 3 aromatic rings. The van der Waals surface area contributed by atoms with Crippen LogP contribution < -0.4 is 15.4 Å². The van der Waals surface area contributed by atoms with Gasteiger partial charge in [-0.1, -0.05) is 4.68 Å². The lowest BCUT2D eigenvalue weighted by atomic mass is 10.4. The van der Waals surface area contributed by atoms with Gasteiger partial charge in [0.1, 0.15) is 5.76 Å². The van der Waals surface area contributed by atoms with Gasteiger partial charge in [-0.15, -0.1) is 4.52 Å². The number of aromatic nitrogens is 4. The lowest BCUT2D eigenvalue weighted by Gasteiger charge is -1.96. The normalized spacial score (nSPS) is 11.3. The Hall–Kier alpha value is -3.23. The Morgan fingerprint density at radius 1 is 1.64 bits per heavy atom. The summed E-state index contributed by atoms with van der Waals surface area (Å²) in [5.41, 5.74) is 3.10. The van der Waals surface area contributed by atoms with E-state index in [0.29, 0.717) is 11.5 Å². The number of amides is 1. The predicted molar refractivity (Wildman–Crippen MR) is 75.2 cm³/mol. The van der Waals surface area contributed by atoms with Crippen molar-refractivity contribution in [3.8, 4) is 0 Å². The maximum Gasteiger partial charge on any atom is 0.331 e. The molecule has 9 nitrogen and oxygen atoms in total. The molecule has 112 valence electrons. The summed E-state index contributed by atoms with van der Waals surface area (Å²) in [7, 11) is 0. The predicted octanol–water partition coefficient (Wildman–Crippen LogP) is -0.638. The molecule has 9 heteroatoms. The van der Waals surface area contributed by atoms with Gasteiger partial charge >= 0.3 is 5.65 Å². The number of H-pyrrole nitrogens is 1. The van der Waals surface area contributed by atoms with Gasteiger partial charge in [-0.25, -0.2) is 10.5 Å². The van der Waals surface area contributed by atoms with E-state index in [1.165, 1.54) is 34.1 Å². The Labute approximate surface area is 123 Å². The summed E-state index contributed by atoms with van der Waals surface area (Å²) in [6.45, 7) is 1.64. The molecule has 0 aliphatic carbocycles. The Balaban J connectivity index is 1.73. The fourth-order valence-electron chi connectivity index (χ4n) is 1.98. The molecule has 22 heavy (non-hydrogen) atoms. The summed E-state index contributed by atoms with van der Waals surface area (Å²) >= 11 is 0. The van der Waals surface area contributed by atoms with Crippen LogP contribution in [0.15, 0.2) is 45.1 Å². The van der Waals surface area contributed by atoms with Crippen molar-refractivity contribution in [3.63, 3.8) is 0 Å². The average Bonchev–Trinajstić information content (AvgIpc) is 3.09. The maximum atomic E-state index is 12.0. The van der Waals surface area contributed by atoms with Gasteiger partial charge in [-0.05, 0) is 19.1 Å². The summed E-state index contributed by atoms with van der Waals surface area (Å²) < 4.78 is 7.81. The molecule has 0 aliphatic rings. The van der Waals surface area contributed by atoms with Gasteiger partial charge in [0.15, 0.2) is 6.54 Å². The van der Waals surface area contributed by atoms with Gasteiger partial charge < -0.3 is 4.42 Å². The second kappa shape index (κ2) is 5.64. The van der Waals surface area contributed by atoms with Gasteiger partial charge in [0.05, 0.1) is 12.5 Å². The van der Waals surface area contributed by atoms with Crippen molar-refractivity contribution >= 4 is 17.8 Å². The van der Waals surface area contributed by atoms with Crippen LogP contribution in [0.2, 0.25) is 0 Å². The quantitative estimate of drug-likeness (QED) is 0.379. The van der Waals surface area contributed by atoms with Crippen LogP contribution >= 0.6 is 0 Å². The number of carbonyl (C=O) groups is 1. The summed E-state index contributed by atoms with van der Waals surface area (Å²) in [5, 5.41) is 10.7. The molecule has 0 radical (unpaired) electrons. The largest absolute Gasteiger partial charge is 0.463 e. The molecule has 0 saturated heterocycles. The number of fused-ring (bicyclic) bond motifs is 1. The van der Waals surface area contributed by atoms with E-state index in [0.717, 1.165) is 0 Å². The minimum Gasteiger partial charge on any atom is -0.463 e. The van der Waals surface area contributed by atoms with Crippen LogP contribution in [0.1, 0.15) is 11.5 Å². The summed E-state index contributed by atoms with van der Waals surface area (Å²) in [6, 6.07) is 4.86. The first-order valence-electron chi connectivity index (χ1n) is 6.46. The van der Waals surface area contributed by atoms with Gasteiger partial charge in [0, 0.05) is 16.9 Å². The molecule has 3 heterocycles. The Kier molecular flexibility index (Phi) is 3.52.